The molecule has 0 atom stereocenters. The first-order valence-corrected chi connectivity index (χ1v) is 8.10. The van der Waals surface area contributed by atoms with E-state index in [2.05, 4.69) is 9.73 Å². The number of ether oxygens (including phenoxy) is 3. The standard InChI is InChI=1S/C20H17F2NO4/c1-11-7-13(8-12(2)17(11)26-20(21)22)9-16-19(24)27-18(23-16)14-5-4-6-15(10-14)25-3/h4-10,20H,1-3H3/b16-9-. The normalized spacial score (nSPS) is 15.1. The first-order chi connectivity index (χ1) is 12.9. The highest BCUT2D eigenvalue weighted by atomic mass is 19.3. The van der Waals surface area contributed by atoms with Crippen LogP contribution in [0.15, 0.2) is 47.1 Å². The van der Waals surface area contributed by atoms with Crippen LogP contribution in [0.1, 0.15) is 22.3 Å². The summed E-state index contributed by atoms with van der Waals surface area (Å²) in [6, 6.07) is 10.3. The van der Waals surface area contributed by atoms with Crippen molar-refractivity contribution in [3.63, 3.8) is 0 Å². The molecule has 0 saturated heterocycles. The number of hydrogen-bond acceptors (Lipinski definition) is 5. The molecule has 0 amide bonds. The van der Waals surface area contributed by atoms with E-state index in [4.69, 9.17) is 9.47 Å². The Morgan fingerprint density at radius 3 is 2.48 bits per heavy atom. The van der Waals surface area contributed by atoms with Gasteiger partial charge in [-0.3, -0.25) is 0 Å². The monoisotopic (exact) mass is 373 g/mol. The van der Waals surface area contributed by atoms with Crippen molar-refractivity contribution in [2.75, 3.05) is 7.11 Å². The molecule has 7 heteroatoms. The van der Waals surface area contributed by atoms with Gasteiger partial charge in [0.15, 0.2) is 5.70 Å². The number of nitrogens with zero attached hydrogens (tertiary/aromatic N) is 1. The van der Waals surface area contributed by atoms with Crippen LogP contribution < -0.4 is 9.47 Å². The Kier molecular flexibility index (Phi) is 5.21. The summed E-state index contributed by atoms with van der Waals surface area (Å²) in [6.45, 7) is 0.418. The Hall–Kier alpha value is -3.22. The molecule has 0 aliphatic carbocycles. The molecule has 27 heavy (non-hydrogen) atoms. The third-order valence-electron chi connectivity index (χ3n) is 3.93. The fraction of sp³-hybridized carbons (Fsp3) is 0.200. The minimum atomic E-state index is -2.90. The molecule has 0 aromatic heterocycles. The number of carbonyl (C=O) groups is 1. The van der Waals surface area contributed by atoms with Crippen molar-refractivity contribution in [3.8, 4) is 11.5 Å². The number of methoxy groups -OCH3 is 1. The van der Waals surface area contributed by atoms with E-state index >= 15 is 0 Å². The van der Waals surface area contributed by atoms with Gasteiger partial charge in [0.25, 0.3) is 0 Å². The quantitative estimate of drug-likeness (QED) is 0.581. The Morgan fingerprint density at radius 1 is 1.15 bits per heavy atom. The van der Waals surface area contributed by atoms with Gasteiger partial charge in [-0.15, -0.1) is 0 Å². The minimum absolute atomic E-state index is 0.120. The predicted octanol–water partition coefficient (Wildman–Crippen LogP) is 4.26. The molecule has 0 unspecified atom stereocenters. The maximum absolute atomic E-state index is 12.5. The second kappa shape index (κ2) is 7.57. The van der Waals surface area contributed by atoms with Gasteiger partial charge in [0, 0.05) is 5.56 Å². The topological polar surface area (TPSA) is 57.1 Å². The number of cyclic esters (lactones) is 1. The van der Waals surface area contributed by atoms with Crippen LogP contribution in [0, 0.1) is 13.8 Å². The second-order valence-electron chi connectivity index (χ2n) is 5.93. The molecule has 0 spiro atoms. The van der Waals surface area contributed by atoms with Gasteiger partial charge in [0.1, 0.15) is 11.5 Å². The number of benzene rings is 2. The number of esters is 1. The highest BCUT2D eigenvalue weighted by Gasteiger charge is 2.24. The van der Waals surface area contributed by atoms with Crippen LogP contribution in [0.25, 0.3) is 6.08 Å². The first-order valence-electron chi connectivity index (χ1n) is 8.10. The van der Waals surface area contributed by atoms with Gasteiger partial charge in [0.2, 0.25) is 5.90 Å². The van der Waals surface area contributed by atoms with Gasteiger partial charge in [-0.25, -0.2) is 9.79 Å². The van der Waals surface area contributed by atoms with Crippen LogP contribution >= 0.6 is 0 Å². The summed E-state index contributed by atoms with van der Waals surface area (Å²) < 4.78 is 39.9. The Morgan fingerprint density at radius 2 is 1.85 bits per heavy atom. The predicted molar refractivity (Wildman–Crippen MR) is 96.1 cm³/mol. The summed E-state index contributed by atoms with van der Waals surface area (Å²) in [7, 11) is 1.54. The van der Waals surface area contributed by atoms with E-state index < -0.39 is 12.6 Å². The fourth-order valence-corrected chi connectivity index (χ4v) is 2.79. The molecule has 5 nitrogen and oxygen atoms in total. The molecule has 1 aliphatic heterocycles. The molecule has 0 bridgehead atoms. The van der Waals surface area contributed by atoms with Crippen LogP contribution in [-0.4, -0.2) is 25.6 Å². The number of aryl methyl sites for hydroxylation is 2. The number of halogens is 2. The highest BCUT2D eigenvalue weighted by molar-refractivity contribution is 6.13. The minimum Gasteiger partial charge on any atom is -0.497 e. The Bertz CT molecular complexity index is 928. The second-order valence-corrected chi connectivity index (χ2v) is 5.93. The van der Waals surface area contributed by atoms with Crippen molar-refractivity contribution < 1.29 is 27.8 Å². The molecule has 0 N–H and O–H groups in total. The zero-order valence-corrected chi connectivity index (χ0v) is 15.0. The lowest BCUT2D eigenvalue weighted by Gasteiger charge is -2.12. The van der Waals surface area contributed by atoms with E-state index in [0.717, 1.165) is 0 Å². The lowest BCUT2D eigenvalue weighted by molar-refractivity contribution is -0.129. The van der Waals surface area contributed by atoms with E-state index in [0.29, 0.717) is 28.0 Å². The van der Waals surface area contributed by atoms with Gasteiger partial charge < -0.3 is 14.2 Å². The molecule has 0 saturated carbocycles. The van der Waals surface area contributed by atoms with Crippen LogP contribution in [0.3, 0.4) is 0 Å². The average molecular weight is 373 g/mol. The van der Waals surface area contributed by atoms with Gasteiger partial charge in [-0.05, 0) is 66.9 Å². The van der Waals surface area contributed by atoms with E-state index in [-0.39, 0.29) is 17.3 Å². The summed E-state index contributed by atoms with van der Waals surface area (Å²) in [5.41, 5.74) is 2.43. The molecule has 3 rings (SSSR count). The number of carbonyl (C=O) groups excluding carboxylic acids is 1. The van der Waals surface area contributed by atoms with Crippen molar-refractivity contribution in [1.82, 2.24) is 0 Å². The van der Waals surface area contributed by atoms with Gasteiger partial charge >= 0.3 is 12.6 Å². The summed E-state index contributed by atoms with van der Waals surface area (Å²) in [4.78, 5) is 16.4. The molecular weight excluding hydrogens is 356 g/mol. The number of aliphatic imine (C=N–C) groups is 1. The summed E-state index contributed by atoms with van der Waals surface area (Å²) >= 11 is 0. The molecule has 0 radical (unpaired) electrons. The van der Waals surface area contributed by atoms with E-state index in [1.165, 1.54) is 0 Å². The maximum Gasteiger partial charge on any atom is 0.387 e. The third-order valence-corrected chi connectivity index (χ3v) is 3.93. The van der Waals surface area contributed by atoms with E-state index in [9.17, 15) is 13.6 Å². The molecule has 140 valence electrons. The maximum atomic E-state index is 12.5. The highest BCUT2D eigenvalue weighted by Crippen LogP contribution is 2.28. The smallest absolute Gasteiger partial charge is 0.387 e. The fourth-order valence-electron chi connectivity index (χ4n) is 2.79. The number of hydrogen-bond donors (Lipinski definition) is 0. The third kappa shape index (κ3) is 4.13. The van der Waals surface area contributed by atoms with Crippen LogP contribution in [0.2, 0.25) is 0 Å². The zero-order chi connectivity index (χ0) is 19.6. The van der Waals surface area contributed by atoms with Crippen molar-refractivity contribution in [3.05, 3.63) is 64.3 Å². The lowest BCUT2D eigenvalue weighted by atomic mass is 10.0. The van der Waals surface area contributed by atoms with Gasteiger partial charge in [-0.1, -0.05) is 6.07 Å². The Labute approximate surface area is 154 Å². The van der Waals surface area contributed by atoms with Crippen LogP contribution in [0.5, 0.6) is 11.5 Å². The van der Waals surface area contributed by atoms with Crippen molar-refractivity contribution in [2.45, 2.75) is 20.5 Å². The largest absolute Gasteiger partial charge is 0.497 e. The number of rotatable bonds is 5. The van der Waals surface area contributed by atoms with Crippen molar-refractivity contribution in [1.29, 1.82) is 0 Å². The summed E-state index contributed by atoms with van der Waals surface area (Å²) in [5.74, 6) is 0.332. The van der Waals surface area contributed by atoms with Crippen LogP contribution in [-0.2, 0) is 9.53 Å². The van der Waals surface area contributed by atoms with Crippen molar-refractivity contribution >= 4 is 17.9 Å². The Balaban J connectivity index is 1.92. The first kappa shape index (κ1) is 18.6. The van der Waals surface area contributed by atoms with Gasteiger partial charge in [-0.2, -0.15) is 8.78 Å². The van der Waals surface area contributed by atoms with Gasteiger partial charge in [0.05, 0.1) is 7.11 Å². The van der Waals surface area contributed by atoms with Crippen molar-refractivity contribution in [2.24, 2.45) is 4.99 Å². The van der Waals surface area contributed by atoms with Crippen LogP contribution in [0.4, 0.5) is 8.78 Å². The van der Waals surface area contributed by atoms with E-state index in [1.54, 1.807) is 63.4 Å². The zero-order valence-electron chi connectivity index (χ0n) is 15.0. The molecule has 1 aliphatic rings. The summed E-state index contributed by atoms with van der Waals surface area (Å²) in [6.07, 6.45) is 1.54. The molecule has 2 aromatic carbocycles. The molecule has 2 aromatic rings. The summed E-state index contributed by atoms with van der Waals surface area (Å²) in [5, 5.41) is 0. The average Bonchev–Trinajstić information content (AvgIpc) is 2.99. The number of alkyl halides is 2. The lowest BCUT2D eigenvalue weighted by Crippen LogP contribution is -2.06. The molecule has 1 heterocycles. The SMILES string of the molecule is COc1cccc(C2=N/C(=C\c3cc(C)c(OC(F)F)c(C)c3)C(=O)O2)c1. The molecular formula is C20H17F2NO4. The molecule has 0 fully saturated rings. The van der Waals surface area contributed by atoms with E-state index in [1.807, 2.05) is 0 Å².